The summed E-state index contributed by atoms with van der Waals surface area (Å²) in [4.78, 5) is 0. The number of rotatable bonds is 8. The maximum absolute atomic E-state index is 2.36. The van der Waals surface area contributed by atoms with Gasteiger partial charge in [0.05, 0.1) is 0 Å². The van der Waals surface area contributed by atoms with Crippen LogP contribution < -0.4 is 0 Å². The van der Waals surface area contributed by atoms with Crippen molar-refractivity contribution in [3.63, 3.8) is 0 Å². The lowest BCUT2D eigenvalue weighted by molar-refractivity contribution is 0.478. The average Bonchev–Trinajstić information content (AvgIpc) is 2.17. The molecule has 0 aromatic carbocycles. The van der Waals surface area contributed by atoms with E-state index in [-0.39, 0.29) is 0 Å². The van der Waals surface area contributed by atoms with Crippen molar-refractivity contribution in [2.24, 2.45) is 5.92 Å². The molecule has 0 aromatic rings. The Labute approximate surface area is 90.8 Å². The van der Waals surface area contributed by atoms with Crippen LogP contribution in [0.2, 0.25) is 0 Å². The van der Waals surface area contributed by atoms with Crippen LogP contribution in [0.15, 0.2) is 11.6 Å². The van der Waals surface area contributed by atoms with Gasteiger partial charge in [-0.25, -0.2) is 0 Å². The Morgan fingerprint density at radius 2 is 1.86 bits per heavy atom. The summed E-state index contributed by atoms with van der Waals surface area (Å²) in [5.74, 6) is 0.933. The molecule has 0 N–H and O–H groups in total. The Hall–Kier alpha value is -0.260. The molecular formula is C14H28. The fourth-order valence-electron chi connectivity index (χ4n) is 1.73. The monoisotopic (exact) mass is 196 g/mol. The van der Waals surface area contributed by atoms with Crippen LogP contribution >= 0.6 is 0 Å². The summed E-state index contributed by atoms with van der Waals surface area (Å²) in [6, 6.07) is 0. The number of unbranched alkanes of at least 4 members (excludes halogenated alkanes) is 2. The molecule has 0 heterocycles. The van der Waals surface area contributed by atoms with Crippen molar-refractivity contribution >= 4 is 0 Å². The Morgan fingerprint density at radius 1 is 1.14 bits per heavy atom. The van der Waals surface area contributed by atoms with Crippen LogP contribution in [-0.4, -0.2) is 0 Å². The predicted octanol–water partition coefficient (Wildman–Crippen LogP) is 5.34. The SMILES string of the molecule is CCC=C(C)CCCCCC(C)CC. The first-order valence-electron chi connectivity index (χ1n) is 6.36. The molecule has 1 unspecified atom stereocenters. The molecule has 0 nitrogen and oxygen atoms in total. The first-order chi connectivity index (χ1) is 6.70. The topological polar surface area (TPSA) is 0 Å². The van der Waals surface area contributed by atoms with Gasteiger partial charge in [0.15, 0.2) is 0 Å². The summed E-state index contributed by atoms with van der Waals surface area (Å²) in [5, 5.41) is 0. The molecule has 0 aliphatic heterocycles. The summed E-state index contributed by atoms with van der Waals surface area (Å²) in [6.45, 7) is 9.13. The summed E-state index contributed by atoms with van der Waals surface area (Å²) < 4.78 is 0. The van der Waals surface area contributed by atoms with E-state index in [1.807, 2.05) is 0 Å². The molecule has 0 spiro atoms. The number of hydrogen-bond donors (Lipinski definition) is 0. The fraction of sp³-hybridized carbons (Fsp3) is 0.857. The van der Waals surface area contributed by atoms with Gasteiger partial charge in [-0.05, 0) is 32.1 Å². The van der Waals surface area contributed by atoms with Crippen LogP contribution in [0.5, 0.6) is 0 Å². The van der Waals surface area contributed by atoms with Gasteiger partial charge >= 0.3 is 0 Å². The van der Waals surface area contributed by atoms with E-state index in [1.165, 1.54) is 44.9 Å². The quantitative estimate of drug-likeness (QED) is 0.363. The van der Waals surface area contributed by atoms with Crippen molar-refractivity contribution in [1.29, 1.82) is 0 Å². The van der Waals surface area contributed by atoms with Crippen LogP contribution in [0.1, 0.15) is 72.6 Å². The molecule has 0 aliphatic carbocycles. The third-order valence-corrected chi connectivity index (χ3v) is 3.02. The number of hydrogen-bond acceptors (Lipinski definition) is 0. The highest BCUT2D eigenvalue weighted by molar-refractivity contribution is 4.96. The Bertz CT molecular complexity index is 144. The van der Waals surface area contributed by atoms with Crippen molar-refractivity contribution < 1.29 is 0 Å². The molecule has 0 aromatic heterocycles. The molecule has 14 heavy (non-hydrogen) atoms. The van der Waals surface area contributed by atoms with Crippen molar-refractivity contribution in [2.45, 2.75) is 72.6 Å². The third-order valence-electron chi connectivity index (χ3n) is 3.02. The Balaban J connectivity index is 3.25. The molecule has 0 amide bonds. The lowest BCUT2D eigenvalue weighted by atomic mass is 9.99. The van der Waals surface area contributed by atoms with E-state index in [1.54, 1.807) is 5.57 Å². The van der Waals surface area contributed by atoms with Crippen LogP contribution in [0, 0.1) is 5.92 Å². The summed E-state index contributed by atoms with van der Waals surface area (Å²) >= 11 is 0. The first kappa shape index (κ1) is 13.7. The predicted molar refractivity (Wildman–Crippen MR) is 66.6 cm³/mol. The standard InChI is InChI=1S/C14H28/c1-5-10-14(4)12-9-7-8-11-13(3)6-2/h10,13H,5-9,11-12H2,1-4H3. The molecule has 0 fully saturated rings. The minimum atomic E-state index is 0.933. The van der Waals surface area contributed by atoms with E-state index in [2.05, 4.69) is 33.8 Å². The normalized spacial score (nSPS) is 14.4. The molecular weight excluding hydrogens is 168 g/mol. The summed E-state index contributed by atoms with van der Waals surface area (Å²) in [7, 11) is 0. The molecule has 0 heteroatoms. The zero-order chi connectivity index (χ0) is 10.8. The highest BCUT2D eigenvalue weighted by Gasteiger charge is 1.98. The highest BCUT2D eigenvalue weighted by Crippen LogP contribution is 2.15. The van der Waals surface area contributed by atoms with E-state index in [0.717, 1.165) is 5.92 Å². The lowest BCUT2D eigenvalue weighted by Gasteiger charge is -2.07. The van der Waals surface area contributed by atoms with Gasteiger partial charge < -0.3 is 0 Å². The molecule has 0 rings (SSSR count). The lowest BCUT2D eigenvalue weighted by Crippen LogP contribution is -1.91. The minimum absolute atomic E-state index is 0.933. The smallest absolute Gasteiger partial charge is 0.0323 e. The fourth-order valence-corrected chi connectivity index (χ4v) is 1.73. The van der Waals surface area contributed by atoms with Crippen molar-refractivity contribution in [1.82, 2.24) is 0 Å². The van der Waals surface area contributed by atoms with Crippen LogP contribution in [0.4, 0.5) is 0 Å². The Kier molecular flexibility index (Phi) is 9.13. The molecule has 84 valence electrons. The average molecular weight is 196 g/mol. The van der Waals surface area contributed by atoms with Gasteiger partial charge in [0.1, 0.15) is 0 Å². The van der Waals surface area contributed by atoms with Gasteiger partial charge in [0.2, 0.25) is 0 Å². The minimum Gasteiger partial charge on any atom is -0.0859 e. The van der Waals surface area contributed by atoms with Crippen molar-refractivity contribution in [3.8, 4) is 0 Å². The largest absolute Gasteiger partial charge is 0.0859 e. The second-order valence-corrected chi connectivity index (χ2v) is 4.57. The highest BCUT2D eigenvalue weighted by atomic mass is 14.0. The van der Waals surface area contributed by atoms with E-state index in [4.69, 9.17) is 0 Å². The molecule has 0 radical (unpaired) electrons. The van der Waals surface area contributed by atoms with E-state index in [0.29, 0.717) is 0 Å². The summed E-state index contributed by atoms with van der Waals surface area (Å²) in [5.41, 5.74) is 1.58. The molecule has 0 bridgehead atoms. The van der Waals surface area contributed by atoms with E-state index >= 15 is 0 Å². The molecule has 0 saturated carbocycles. The van der Waals surface area contributed by atoms with Gasteiger partial charge in [-0.1, -0.05) is 58.1 Å². The van der Waals surface area contributed by atoms with Crippen LogP contribution in [0.3, 0.4) is 0 Å². The van der Waals surface area contributed by atoms with Gasteiger partial charge in [-0.3, -0.25) is 0 Å². The van der Waals surface area contributed by atoms with Crippen LogP contribution in [0.25, 0.3) is 0 Å². The van der Waals surface area contributed by atoms with Gasteiger partial charge in [-0.15, -0.1) is 0 Å². The second-order valence-electron chi connectivity index (χ2n) is 4.57. The van der Waals surface area contributed by atoms with Crippen molar-refractivity contribution in [3.05, 3.63) is 11.6 Å². The third kappa shape index (κ3) is 8.34. The maximum Gasteiger partial charge on any atom is -0.0323 e. The molecule has 1 atom stereocenters. The summed E-state index contributed by atoms with van der Waals surface area (Å²) in [6.07, 6.45) is 11.9. The number of allylic oxidation sites excluding steroid dienone is 2. The van der Waals surface area contributed by atoms with E-state index in [9.17, 15) is 0 Å². The maximum atomic E-state index is 2.36. The molecule has 0 aliphatic rings. The van der Waals surface area contributed by atoms with Crippen molar-refractivity contribution in [2.75, 3.05) is 0 Å². The van der Waals surface area contributed by atoms with E-state index < -0.39 is 0 Å². The van der Waals surface area contributed by atoms with Gasteiger partial charge in [0, 0.05) is 0 Å². The zero-order valence-electron chi connectivity index (χ0n) is 10.6. The van der Waals surface area contributed by atoms with Gasteiger partial charge in [0.25, 0.3) is 0 Å². The zero-order valence-corrected chi connectivity index (χ0v) is 10.6. The van der Waals surface area contributed by atoms with Crippen LogP contribution in [-0.2, 0) is 0 Å². The van der Waals surface area contributed by atoms with Gasteiger partial charge in [-0.2, -0.15) is 0 Å². The second kappa shape index (κ2) is 9.30. The first-order valence-corrected chi connectivity index (χ1v) is 6.36. The molecule has 0 saturated heterocycles. The Morgan fingerprint density at radius 3 is 2.43 bits per heavy atom.